The van der Waals surface area contributed by atoms with Gasteiger partial charge in [0.15, 0.2) is 5.78 Å². The summed E-state index contributed by atoms with van der Waals surface area (Å²) in [5, 5.41) is 0. The van der Waals surface area contributed by atoms with Gasteiger partial charge in [0.2, 0.25) is 0 Å². The fourth-order valence-electron chi connectivity index (χ4n) is 1.29. The van der Waals surface area contributed by atoms with Gasteiger partial charge in [-0.1, -0.05) is 33.8 Å². The van der Waals surface area contributed by atoms with Crippen LogP contribution in [0.2, 0.25) is 0 Å². The Bertz CT molecular complexity index is 172. The molecule has 0 saturated carbocycles. The highest BCUT2D eigenvalue weighted by molar-refractivity contribution is 5.87. The first-order chi connectivity index (χ1) is 5.38. The predicted octanol–water partition coefficient (Wildman–Crippen LogP) is 3.20. The first-order valence-electron chi connectivity index (χ1n) is 4.56. The Morgan fingerprint density at radius 2 is 1.92 bits per heavy atom. The minimum absolute atomic E-state index is 0.137. The van der Waals surface area contributed by atoms with E-state index in [1.807, 2.05) is 6.08 Å². The first-order valence-corrected chi connectivity index (χ1v) is 4.56. The SMILES string of the molecule is CCC(/C=C/C(C)=O)C(C)(C)C. The zero-order valence-corrected chi connectivity index (χ0v) is 8.85. The zero-order chi connectivity index (χ0) is 9.78. The van der Waals surface area contributed by atoms with Crippen LogP contribution >= 0.6 is 0 Å². The van der Waals surface area contributed by atoms with E-state index in [2.05, 4.69) is 27.7 Å². The highest BCUT2D eigenvalue weighted by Crippen LogP contribution is 2.29. The average Bonchev–Trinajstić information content (AvgIpc) is 1.85. The Labute approximate surface area is 75.9 Å². The smallest absolute Gasteiger partial charge is 0.152 e. The molecule has 0 aliphatic heterocycles. The van der Waals surface area contributed by atoms with Crippen molar-refractivity contribution >= 4 is 5.78 Å². The van der Waals surface area contributed by atoms with Crippen LogP contribution in [0.3, 0.4) is 0 Å². The van der Waals surface area contributed by atoms with Crippen LogP contribution in [0, 0.1) is 11.3 Å². The van der Waals surface area contributed by atoms with E-state index >= 15 is 0 Å². The van der Waals surface area contributed by atoms with Crippen molar-refractivity contribution < 1.29 is 4.79 Å². The molecule has 0 spiro atoms. The molecule has 70 valence electrons. The highest BCUT2D eigenvalue weighted by atomic mass is 16.1. The van der Waals surface area contributed by atoms with Crippen molar-refractivity contribution in [3.63, 3.8) is 0 Å². The van der Waals surface area contributed by atoms with Gasteiger partial charge < -0.3 is 0 Å². The van der Waals surface area contributed by atoms with E-state index < -0.39 is 0 Å². The lowest BCUT2D eigenvalue weighted by atomic mass is 9.79. The van der Waals surface area contributed by atoms with Crippen molar-refractivity contribution in [3.05, 3.63) is 12.2 Å². The van der Waals surface area contributed by atoms with Crippen molar-refractivity contribution in [3.8, 4) is 0 Å². The molecule has 0 aliphatic carbocycles. The Morgan fingerprint density at radius 3 is 2.17 bits per heavy atom. The Morgan fingerprint density at radius 1 is 1.42 bits per heavy atom. The minimum atomic E-state index is 0.137. The maximum Gasteiger partial charge on any atom is 0.152 e. The molecular weight excluding hydrogens is 148 g/mol. The molecule has 12 heavy (non-hydrogen) atoms. The monoisotopic (exact) mass is 168 g/mol. The molecule has 0 aromatic carbocycles. The third kappa shape index (κ3) is 4.32. The number of hydrogen-bond acceptors (Lipinski definition) is 1. The normalized spacial score (nSPS) is 15.1. The van der Waals surface area contributed by atoms with E-state index in [1.54, 1.807) is 13.0 Å². The number of hydrogen-bond donors (Lipinski definition) is 0. The minimum Gasteiger partial charge on any atom is -0.295 e. The summed E-state index contributed by atoms with van der Waals surface area (Å²) in [6, 6.07) is 0. The third-order valence-corrected chi connectivity index (χ3v) is 2.12. The van der Waals surface area contributed by atoms with Gasteiger partial charge in [0, 0.05) is 0 Å². The van der Waals surface area contributed by atoms with Gasteiger partial charge in [-0.3, -0.25) is 4.79 Å². The fourth-order valence-corrected chi connectivity index (χ4v) is 1.29. The molecule has 1 unspecified atom stereocenters. The molecule has 0 fully saturated rings. The number of ketones is 1. The number of rotatable bonds is 3. The molecule has 0 heterocycles. The molecule has 0 aromatic heterocycles. The maximum atomic E-state index is 10.7. The Kier molecular flexibility index (Phi) is 4.22. The van der Waals surface area contributed by atoms with Gasteiger partial charge in [0.1, 0.15) is 0 Å². The first kappa shape index (κ1) is 11.4. The molecule has 0 saturated heterocycles. The third-order valence-electron chi connectivity index (χ3n) is 2.12. The topological polar surface area (TPSA) is 17.1 Å². The quantitative estimate of drug-likeness (QED) is 0.591. The second-order valence-electron chi connectivity index (χ2n) is 4.35. The molecule has 1 atom stereocenters. The van der Waals surface area contributed by atoms with Gasteiger partial charge in [-0.25, -0.2) is 0 Å². The lowest BCUT2D eigenvalue weighted by Crippen LogP contribution is -2.17. The van der Waals surface area contributed by atoms with Gasteiger partial charge in [-0.15, -0.1) is 0 Å². The second kappa shape index (κ2) is 4.44. The van der Waals surface area contributed by atoms with Crippen LogP contribution in [0.15, 0.2) is 12.2 Å². The molecule has 0 aromatic rings. The summed E-state index contributed by atoms with van der Waals surface area (Å²) in [6.45, 7) is 10.3. The van der Waals surface area contributed by atoms with E-state index in [1.165, 1.54) is 0 Å². The van der Waals surface area contributed by atoms with Gasteiger partial charge in [0.05, 0.1) is 0 Å². The van der Waals surface area contributed by atoms with Gasteiger partial charge in [-0.2, -0.15) is 0 Å². The lowest BCUT2D eigenvalue weighted by molar-refractivity contribution is -0.112. The summed E-state index contributed by atoms with van der Waals surface area (Å²) in [7, 11) is 0. The summed E-state index contributed by atoms with van der Waals surface area (Å²) >= 11 is 0. The van der Waals surface area contributed by atoms with Crippen LogP contribution in [-0.2, 0) is 4.79 Å². The van der Waals surface area contributed by atoms with Crippen molar-refractivity contribution in [1.82, 2.24) is 0 Å². The van der Waals surface area contributed by atoms with E-state index in [4.69, 9.17) is 0 Å². The van der Waals surface area contributed by atoms with Gasteiger partial charge in [0.25, 0.3) is 0 Å². The van der Waals surface area contributed by atoms with Gasteiger partial charge >= 0.3 is 0 Å². The Balaban J connectivity index is 4.28. The number of carbonyl (C=O) groups is 1. The van der Waals surface area contributed by atoms with Crippen LogP contribution in [0.4, 0.5) is 0 Å². The molecule has 0 aliphatic rings. The van der Waals surface area contributed by atoms with Crippen LogP contribution < -0.4 is 0 Å². The predicted molar refractivity (Wildman–Crippen MR) is 53.1 cm³/mol. The molecule has 1 nitrogen and oxygen atoms in total. The molecule has 0 radical (unpaired) electrons. The van der Waals surface area contributed by atoms with Crippen molar-refractivity contribution in [2.24, 2.45) is 11.3 Å². The Hall–Kier alpha value is -0.590. The van der Waals surface area contributed by atoms with Crippen molar-refractivity contribution in [2.75, 3.05) is 0 Å². The molecule has 0 rings (SSSR count). The largest absolute Gasteiger partial charge is 0.295 e. The van der Waals surface area contributed by atoms with E-state index in [-0.39, 0.29) is 11.2 Å². The molecule has 0 N–H and O–H groups in total. The van der Waals surface area contributed by atoms with E-state index in [0.717, 1.165) is 6.42 Å². The summed E-state index contributed by atoms with van der Waals surface area (Å²) in [6.07, 6.45) is 4.80. The average molecular weight is 168 g/mol. The number of allylic oxidation sites excluding steroid dienone is 2. The summed E-state index contributed by atoms with van der Waals surface area (Å²) in [5.41, 5.74) is 0.265. The molecule has 1 heteroatoms. The van der Waals surface area contributed by atoms with Crippen LogP contribution in [0.1, 0.15) is 41.0 Å². The van der Waals surface area contributed by atoms with E-state index in [9.17, 15) is 4.79 Å². The maximum absolute atomic E-state index is 10.7. The van der Waals surface area contributed by atoms with Crippen LogP contribution in [0.25, 0.3) is 0 Å². The summed E-state index contributed by atoms with van der Waals surface area (Å²) in [4.78, 5) is 10.7. The highest BCUT2D eigenvalue weighted by Gasteiger charge is 2.19. The molecular formula is C11H20O. The van der Waals surface area contributed by atoms with Crippen molar-refractivity contribution in [1.29, 1.82) is 0 Å². The van der Waals surface area contributed by atoms with E-state index in [0.29, 0.717) is 5.92 Å². The van der Waals surface area contributed by atoms with Crippen LogP contribution in [-0.4, -0.2) is 5.78 Å². The molecule has 0 bridgehead atoms. The standard InChI is InChI=1S/C11H20O/c1-6-10(11(3,4)5)8-7-9(2)12/h7-8,10H,6H2,1-5H3/b8-7+. The number of carbonyl (C=O) groups excluding carboxylic acids is 1. The molecule has 0 amide bonds. The lowest BCUT2D eigenvalue weighted by Gasteiger charge is -2.26. The fraction of sp³-hybridized carbons (Fsp3) is 0.727. The van der Waals surface area contributed by atoms with Crippen LogP contribution in [0.5, 0.6) is 0 Å². The zero-order valence-electron chi connectivity index (χ0n) is 8.85. The van der Waals surface area contributed by atoms with Crippen molar-refractivity contribution in [2.45, 2.75) is 41.0 Å². The second-order valence-corrected chi connectivity index (χ2v) is 4.35. The summed E-state index contributed by atoms with van der Waals surface area (Å²) < 4.78 is 0. The summed E-state index contributed by atoms with van der Waals surface area (Å²) in [5.74, 6) is 0.638. The van der Waals surface area contributed by atoms with Gasteiger partial charge in [-0.05, 0) is 30.8 Å².